The molecule has 1 rings (SSSR count). The molecule has 0 aromatic heterocycles. The molecule has 0 radical (unpaired) electrons. The van der Waals surface area contributed by atoms with Gasteiger partial charge in [-0.3, -0.25) is 0 Å². The summed E-state index contributed by atoms with van der Waals surface area (Å²) in [4.78, 5) is 10.2. The van der Waals surface area contributed by atoms with E-state index in [2.05, 4.69) is 6.58 Å². The van der Waals surface area contributed by atoms with Crippen LogP contribution in [0, 0.1) is 0 Å². The fourth-order valence-corrected chi connectivity index (χ4v) is 0.666. The molecule has 2 nitrogen and oxygen atoms in total. The smallest absolute Gasteiger partial charge is 1.00 e. The zero-order valence-electron chi connectivity index (χ0n) is 10.7. The standard InChI is InChI=1S/C7H6O2.Ca.Mg.H2S.4H/c1-5-3-2-4-6(5)7(8)9;;;;;;;/h2-4H,1H2,(H,8,9);;;1H2;;;;/q;2*+2;;4*-1. The van der Waals surface area contributed by atoms with Crippen molar-refractivity contribution < 1.29 is 15.6 Å². The summed E-state index contributed by atoms with van der Waals surface area (Å²) in [5, 5.41) is 8.41. The third-order valence-electron chi connectivity index (χ3n) is 1.14. The number of rotatable bonds is 1. The molecule has 0 spiro atoms. The fraction of sp³-hybridized carbons (Fsp3) is 0. The van der Waals surface area contributed by atoms with Crippen LogP contribution in [0.2, 0.25) is 0 Å². The second kappa shape index (κ2) is 8.65. The number of hydrogen-bond acceptors (Lipinski definition) is 1. The third kappa shape index (κ3) is 4.94. The average molecular weight is 225 g/mol. The Morgan fingerprint density at radius 2 is 2.08 bits per heavy atom. The average Bonchev–Trinajstić information content (AvgIpc) is 2.13. The van der Waals surface area contributed by atoms with Crippen LogP contribution in [0.3, 0.4) is 0 Å². The van der Waals surface area contributed by atoms with E-state index < -0.39 is 5.97 Å². The van der Waals surface area contributed by atoms with Crippen LogP contribution >= 0.6 is 13.5 Å². The van der Waals surface area contributed by atoms with Gasteiger partial charge in [-0.05, 0) is 11.6 Å². The molecule has 0 unspecified atom stereocenters. The van der Waals surface area contributed by atoms with E-state index >= 15 is 0 Å². The first-order chi connectivity index (χ1) is 4.22. The Bertz CT molecular complexity index is 249. The van der Waals surface area contributed by atoms with Crippen LogP contribution < -0.4 is 0 Å². The molecule has 0 saturated carbocycles. The number of allylic oxidation sites excluding steroid dienone is 3. The molecule has 62 valence electrons. The maximum absolute atomic E-state index is 10.2. The molecule has 1 aliphatic carbocycles. The predicted octanol–water partition coefficient (Wildman–Crippen LogP) is 0.925. The van der Waals surface area contributed by atoms with E-state index in [4.69, 9.17) is 5.11 Å². The number of aliphatic carboxylic acids is 1. The van der Waals surface area contributed by atoms with Gasteiger partial charge in [-0.15, -0.1) is 0 Å². The third-order valence-corrected chi connectivity index (χ3v) is 1.14. The summed E-state index contributed by atoms with van der Waals surface area (Å²) >= 11 is 0. The van der Waals surface area contributed by atoms with Crippen molar-refractivity contribution in [3.05, 3.63) is 36.0 Å². The molecular weight excluding hydrogens is 213 g/mol. The van der Waals surface area contributed by atoms with Gasteiger partial charge < -0.3 is 10.8 Å². The summed E-state index contributed by atoms with van der Waals surface area (Å²) < 4.78 is 0. The van der Waals surface area contributed by atoms with E-state index in [1.165, 1.54) is 6.08 Å². The van der Waals surface area contributed by atoms with Crippen LogP contribution in [0.25, 0.3) is 0 Å². The Hall–Kier alpha value is 1.07. The maximum Gasteiger partial charge on any atom is 2.00 e. The van der Waals surface area contributed by atoms with Gasteiger partial charge in [-0.1, -0.05) is 18.7 Å². The molecule has 0 amide bonds. The number of hydrogen-bond donors (Lipinski definition) is 1. The monoisotopic (exact) mass is 224 g/mol. The normalized spacial score (nSPS) is 12.0. The van der Waals surface area contributed by atoms with Crippen LogP contribution in [0.1, 0.15) is 5.71 Å². The molecule has 1 aliphatic rings. The summed E-state index contributed by atoms with van der Waals surface area (Å²) in [5.41, 5.74) is 0.859. The molecule has 0 saturated heterocycles. The maximum atomic E-state index is 10.2. The van der Waals surface area contributed by atoms with Gasteiger partial charge >= 0.3 is 66.8 Å². The molecule has 12 heavy (non-hydrogen) atoms. The summed E-state index contributed by atoms with van der Waals surface area (Å²) in [6.07, 6.45) is 4.87. The minimum absolute atomic E-state index is 0. The number of carboxylic acids is 1. The first-order valence-corrected chi connectivity index (χ1v) is 2.53. The molecule has 5 heteroatoms. The SMILES string of the molecule is C=C1C=CC=C1C(=O)O.S.[Ca+2].[H-].[H-].[H-].[H-].[Mg+2]. The van der Waals surface area contributed by atoms with E-state index in [1.807, 2.05) is 0 Å². The minimum atomic E-state index is -0.912. The van der Waals surface area contributed by atoms with Crippen LogP contribution in [0.15, 0.2) is 36.0 Å². The molecule has 0 aromatic rings. The summed E-state index contributed by atoms with van der Waals surface area (Å²) in [5.74, 6) is -0.912. The van der Waals surface area contributed by atoms with Gasteiger partial charge in [-0.25, -0.2) is 4.79 Å². The Kier molecular flexibility index (Phi) is 13.5. The molecule has 0 atom stereocenters. The molecular formula is C7H12CaMgO2S. The molecule has 0 bridgehead atoms. The zero-order chi connectivity index (χ0) is 6.85. The van der Waals surface area contributed by atoms with Crippen LogP contribution in [-0.2, 0) is 4.79 Å². The molecule has 1 N–H and O–H groups in total. The van der Waals surface area contributed by atoms with Gasteiger partial charge in [0.1, 0.15) is 0 Å². The van der Waals surface area contributed by atoms with Crippen LogP contribution in [-0.4, -0.2) is 71.9 Å². The number of carbonyl (C=O) groups is 1. The fourth-order valence-electron chi connectivity index (χ4n) is 0.666. The zero-order valence-corrected chi connectivity index (χ0v) is 11.3. The van der Waals surface area contributed by atoms with Gasteiger partial charge in [0, 0.05) is 0 Å². The predicted molar refractivity (Wildman–Crippen MR) is 60.3 cm³/mol. The quantitative estimate of drug-likeness (QED) is 0.673. The summed E-state index contributed by atoms with van der Waals surface area (Å²) in [7, 11) is 0. The van der Waals surface area contributed by atoms with E-state index in [-0.39, 0.29) is 85.6 Å². The van der Waals surface area contributed by atoms with Crippen molar-refractivity contribution in [2.45, 2.75) is 0 Å². The topological polar surface area (TPSA) is 37.3 Å². The molecule has 0 fully saturated rings. The second-order valence-corrected chi connectivity index (χ2v) is 1.77. The van der Waals surface area contributed by atoms with Crippen LogP contribution in [0.5, 0.6) is 0 Å². The Morgan fingerprint density at radius 3 is 2.25 bits per heavy atom. The van der Waals surface area contributed by atoms with Crippen molar-refractivity contribution in [3.8, 4) is 0 Å². The minimum Gasteiger partial charge on any atom is -1.00 e. The largest absolute Gasteiger partial charge is 2.00 e. The van der Waals surface area contributed by atoms with Crippen LogP contribution in [0.4, 0.5) is 0 Å². The van der Waals surface area contributed by atoms with Gasteiger partial charge in [0.05, 0.1) is 5.57 Å². The second-order valence-electron chi connectivity index (χ2n) is 1.77. The Balaban J connectivity index is -0.0000000231. The molecule has 0 aromatic carbocycles. The first kappa shape index (κ1) is 18.8. The van der Waals surface area contributed by atoms with Crippen molar-refractivity contribution in [2.24, 2.45) is 0 Å². The first-order valence-electron chi connectivity index (χ1n) is 2.53. The van der Waals surface area contributed by atoms with Crippen molar-refractivity contribution >= 4 is 80.3 Å². The van der Waals surface area contributed by atoms with Gasteiger partial charge in [0.25, 0.3) is 0 Å². The van der Waals surface area contributed by atoms with Crippen molar-refractivity contribution in [1.29, 1.82) is 0 Å². The van der Waals surface area contributed by atoms with E-state index in [0.717, 1.165) is 0 Å². The van der Waals surface area contributed by atoms with Gasteiger partial charge in [-0.2, -0.15) is 13.5 Å². The number of carboxylic acid groups (broad SMARTS) is 1. The van der Waals surface area contributed by atoms with Gasteiger partial charge in [0.2, 0.25) is 0 Å². The van der Waals surface area contributed by atoms with Crippen molar-refractivity contribution in [2.75, 3.05) is 0 Å². The Morgan fingerprint density at radius 1 is 1.58 bits per heavy atom. The van der Waals surface area contributed by atoms with Crippen molar-refractivity contribution in [3.63, 3.8) is 0 Å². The summed E-state index contributed by atoms with van der Waals surface area (Å²) in [6.45, 7) is 3.52. The van der Waals surface area contributed by atoms with Crippen molar-refractivity contribution in [1.82, 2.24) is 0 Å². The van der Waals surface area contributed by atoms with E-state index in [1.54, 1.807) is 12.2 Å². The van der Waals surface area contributed by atoms with E-state index in [0.29, 0.717) is 5.57 Å². The van der Waals surface area contributed by atoms with Gasteiger partial charge in [0.15, 0.2) is 0 Å². The van der Waals surface area contributed by atoms with E-state index in [9.17, 15) is 4.79 Å². The molecule has 0 heterocycles. The molecule has 0 aliphatic heterocycles. The summed E-state index contributed by atoms with van der Waals surface area (Å²) in [6, 6.07) is 0. The Labute approximate surface area is 130 Å².